The van der Waals surface area contributed by atoms with E-state index >= 15 is 0 Å². The summed E-state index contributed by atoms with van der Waals surface area (Å²) in [5, 5.41) is 12.1. The Kier molecular flexibility index (Phi) is 9.35. The van der Waals surface area contributed by atoms with Crippen LogP contribution in [0.25, 0.3) is 0 Å². The highest BCUT2D eigenvalue weighted by molar-refractivity contribution is 5.81. The number of nitrogens with one attached hydrogen (secondary N) is 4. The van der Waals surface area contributed by atoms with Crippen LogP contribution in [0.15, 0.2) is 24.7 Å². The van der Waals surface area contributed by atoms with Gasteiger partial charge in [0.25, 0.3) is 0 Å². The zero-order valence-electron chi connectivity index (χ0n) is 19.3. The molecule has 32 heavy (non-hydrogen) atoms. The first kappa shape index (κ1) is 25.0. The number of carbonyl (C=O) groups is 1. The zero-order valence-corrected chi connectivity index (χ0v) is 19.3. The Balaban J connectivity index is 2.12. The van der Waals surface area contributed by atoms with E-state index in [1.54, 1.807) is 13.2 Å². The molecule has 0 aliphatic carbocycles. The maximum absolute atomic E-state index is 13.4. The Morgan fingerprint density at radius 2 is 2.03 bits per heavy atom. The number of likely N-dealkylation sites (N-methyl/N-ethyl adjacent to an activating group) is 1. The highest BCUT2D eigenvalue weighted by Crippen LogP contribution is 2.21. The molecule has 0 aliphatic rings. The third-order valence-corrected chi connectivity index (χ3v) is 4.70. The van der Waals surface area contributed by atoms with Crippen molar-refractivity contribution in [3.05, 3.63) is 36.0 Å². The van der Waals surface area contributed by atoms with Crippen LogP contribution in [0.2, 0.25) is 0 Å². The van der Waals surface area contributed by atoms with Gasteiger partial charge in [-0.2, -0.15) is 4.98 Å². The second kappa shape index (κ2) is 12.0. The van der Waals surface area contributed by atoms with Crippen molar-refractivity contribution in [3.8, 4) is 11.8 Å². The van der Waals surface area contributed by atoms with Crippen LogP contribution in [0.4, 0.5) is 21.8 Å². The van der Waals surface area contributed by atoms with Crippen molar-refractivity contribution < 1.29 is 9.18 Å². The Bertz CT molecular complexity index is 968. The second-order valence-electron chi connectivity index (χ2n) is 8.08. The molecule has 0 saturated carbocycles. The van der Waals surface area contributed by atoms with Crippen LogP contribution in [0.1, 0.15) is 46.1 Å². The van der Waals surface area contributed by atoms with Crippen molar-refractivity contribution in [3.63, 3.8) is 0 Å². The van der Waals surface area contributed by atoms with E-state index in [2.05, 4.69) is 55.0 Å². The Hall–Kier alpha value is -3.25. The summed E-state index contributed by atoms with van der Waals surface area (Å²) in [5.41, 5.74) is 0.811. The molecule has 8 nitrogen and oxygen atoms in total. The lowest BCUT2D eigenvalue weighted by molar-refractivity contribution is -0.122. The number of pyridine rings is 1. The lowest BCUT2D eigenvalue weighted by atomic mass is 9.90. The summed E-state index contributed by atoms with van der Waals surface area (Å²) in [4.78, 5) is 24.5. The molecule has 0 unspecified atom stereocenters. The molecule has 2 aromatic rings. The number of anilines is 3. The molecule has 1 atom stereocenters. The third-order valence-electron chi connectivity index (χ3n) is 4.70. The van der Waals surface area contributed by atoms with Crippen molar-refractivity contribution in [2.24, 2.45) is 5.41 Å². The van der Waals surface area contributed by atoms with Gasteiger partial charge in [-0.15, -0.1) is 0 Å². The molecule has 0 spiro atoms. The average Bonchev–Trinajstić information content (AvgIpc) is 2.76. The second-order valence-corrected chi connectivity index (χ2v) is 8.08. The summed E-state index contributed by atoms with van der Waals surface area (Å²) in [5.74, 6) is 6.89. The van der Waals surface area contributed by atoms with Crippen LogP contribution in [0.3, 0.4) is 0 Å². The number of carbonyl (C=O) groups excluding carboxylic acids is 1. The first-order valence-electron chi connectivity index (χ1n) is 10.7. The third kappa shape index (κ3) is 8.12. The van der Waals surface area contributed by atoms with Crippen molar-refractivity contribution in [1.29, 1.82) is 0 Å². The van der Waals surface area contributed by atoms with E-state index in [1.807, 2.05) is 20.8 Å². The number of aromatic nitrogens is 3. The molecule has 0 saturated heterocycles. The van der Waals surface area contributed by atoms with Crippen molar-refractivity contribution in [2.45, 2.75) is 46.6 Å². The lowest BCUT2D eigenvalue weighted by Gasteiger charge is -2.19. The van der Waals surface area contributed by atoms with Gasteiger partial charge in [0.2, 0.25) is 11.9 Å². The summed E-state index contributed by atoms with van der Waals surface area (Å²) >= 11 is 0. The molecule has 0 aromatic carbocycles. The topological polar surface area (TPSA) is 104 Å². The summed E-state index contributed by atoms with van der Waals surface area (Å²) in [7, 11) is 1.75. The zero-order chi connectivity index (χ0) is 23.6. The minimum absolute atomic E-state index is 0.0349. The standard InChI is InChI=1S/C23H32FN7O/c1-6-10-27-20-17(7-8-23(3,4)9-11-28-21(32)16(2)25-5)13-29-22(31-20)30-19-12-18(24)14-26-15-19/h12-16,25H,6,9-11H2,1-5H3,(H,28,32)(H2,27,29,30,31)/t16-/m0/s1. The molecule has 0 aliphatic heterocycles. The quantitative estimate of drug-likeness (QED) is 0.420. The molecule has 2 heterocycles. The van der Waals surface area contributed by atoms with Crippen LogP contribution in [0, 0.1) is 23.1 Å². The first-order valence-corrected chi connectivity index (χ1v) is 10.7. The molecule has 0 fully saturated rings. The summed E-state index contributed by atoms with van der Waals surface area (Å²) in [6.07, 6.45) is 5.89. The monoisotopic (exact) mass is 441 g/mol. The fourth-order valence-electron chi connectivity index (χ4n) is 2.60. The molecular weight excluding hydrogens is 409 g/mol. The minimum atomic E-state index is -0.444. The summed E-state index contributed by atoms with van der Waals surface area (Å²) in [6.45, 7) is 9.19. The van der Waals surface area contributed by atoms with Gasteiger partial charge in [-0.05, 0) is 40.7 Å². The van der Waals surface area contributed by atoms with E-state index in [0.717, 1.165) is 19.2 Å². The van der Waals surface area contributed by atoms with Crippen molar-refractivity contribution in [2.75, 3.05) is 30.8 Å². The fraction of sp³-hybridized carbons (Fsp3) is 0.478. The molecule has 2 rings (SSSR count). The van der Waals surface area contributed by atoms with Crippen LogP contribution in [-0.2, 0) is 4.79 Å². The maximum Gasteiger partial charge on any atom is 0.236 e. The normalized spacial score (nSPS) is 11.8. The number of halogens is 1. The van der Waals surface area contributed by atoms with Crippen LogP contribution >= 0.6 is 0 Å². The highest BCUT2D eigenvalue weighted by Gasteiger charge is 2.16. The van der Waals surface area contributed by atoms with Gasteiger partial charge in [-0.3, -0.25) is 9.78 Å². The molecule has 4 N–H and O–H groups in total. The predicted molar refractivity (Wildman–Crippen MR) is 125 cm³/mol. The summed E-state index contributed by atoms with van der Waals surface area (Å²) in [6, 6.07) is 1.09. The number of hydrogen-bond donors (Lipinski definition) is 4. The van der Waals surface area contributed by atoms with Crippen LogP contribution < -0.4 is 21.3 Å². The van der Waals surface area contributed by atoms with Gasteiger partial charge in [-0.25, -0.2) is 9.37 Å². The van der Waals surface area contributed by atoms with Gasteiger partial charge in [-0.1, -0.05) is 18.8 Å². The van der Waals surface area contributed by atoms with Gasteiger partial charge >= 0.3 is 0 Å². The van der Waals surface area contributed by atoms with E-state index in [0.29, 0.717) is 36.0 Å². The SMILES string of the molecule is CCCNc1nc(Nc2cncc(F)c2)ncc1C#CC(C)(C)CCNC(=O)[C@H](C)NC. The molecule has 172 valence electrons. The Morgan fingerprint density at radius 1 is 1.25 bits per heavy atom. The maximum atomic E-state index is 13.4. The van der Waals surface area contributed by atoms with Crippen LogP contribution in [-0.4, -0.2) is 47.0 Å². The Morgan fingerprint density at radius 3 is 2.72 bits per heavy atom. The van der Waals surface area contributed by atoms with Gasteiger partial charge in [0, 0.05) is 24.6 Å². The van der Waals surface area contributed by atoms with Gasteiger partial charge in [0.05, 0.1) is 35.9 Å². The van der Waals surface area contributed by atoms with Crippen molar-refractivity contribution in [1.82, 2.24) is 25.6 Å². The number of hydrogen-bond acceptors (Lipinski definition) is 7. The van der Waals surface area contributed by atoms with E-state index < -0.39 is 5.82 Å². The molecule has 0 radical (unpaired) electrons. The van der Waals surface area contributed by atoms with E-state index in [9.17, 15) is 9.18 Å². The molecule has 1 amide bonds. The lowest BCUT2D eigenvalue weighted by Crippen LogP contribution is -2.41. The smallest absolute Gasteiger partial charge is 0.236 e. The number of nitrogens with zero attached hydrogens (tertiary/aromatic N) is 3. The highest BCUT2D eigenvalue weighted by atomic mass is 19.1. The average molecular weight is 442 g/mol. The van der Waals surface area contributed by atoms with E-state index in [4.69, 9.17) is 0 Å². The van der Waals surface area contributed by atoms with Gasteiger partial charge in [0.1, 0.15) is 11.6 Å². The van der Waals surface area contributed by atoms with Gasteiger partial charge < -0.3 is 21.3 Å². The van der Waals surface area contributed by atoms with E-state index in [1.165, 1.54) is 12.3 Å². The van der Waals surface area contributed by atoms with Gasteiger partial charge in [0.15, 0.2) is 0 Å². The molecular formula is C23H32FN7O. The molecule has 0 bridgehead atoms. The van der Waals surface area contributed by atoms with Crippen molar-refractivity contribution >= 4 is 23.4 Å². The minimum Gasteiger partial charge on any atom is -0.369 e. The largest absolute Gasteiger partial charge is 0.369 e. The Labute approximate surface area is 189 Å². The molecule has 2 aromatic heterocycles. The first-order chi connectivity index (χ1) is 15.2. The van der Waals surface area contributed by atoms with E-state index in [-0.39, 0.29) is 17.4 Å². The summed E-state index contributed by atoms with van der Waals surface area (Å²) < 4.78 is 13.4. The predicted octanol–water partition coefficient (Wildman–Crippen LogP) is 3.07. The molecule has 9 heteroatoms. The number of amides is 1. The fourth-order valence-corrected chi connectivity index (χ4v) is 2.60. The van der Waals surface area contributed by atoms with Crippen LogP contribution in [0.5, 0.6) is 0 Å². The number of rotatable bonds is 10.